The zero-order valence-corrected chi connectivity index (χ0v) is 30.8. The van der Waals surface area contributed by atoms with Gasteiger partial charge in [0, 0.05) is 22.1 Å². The van der Waals surface area contributed by atoms with Crippen LogP contribution < -0.4 is 14.4 Å². The van der Waals surface area contributed by atoms with Crippen molar-refractivity contribution in [3.8, 4) is 11.5 Å². The van der Waals surface area contributed by atoms with E-state index in [0.717, 1.165) is 56.6 Å². The molecular formula is C35H33NO11S3. The highest BCUT2D eigenvalue weighted by Gasteiger charge is 2.61. The predicted molar refractivity (Wildman–Crippen MR) is 191 cm³/mol. The monoisotopic (exact) mass is 739 g/mol. The first-order valence-electron chi connectivity index (χ1n) is 14.8. The summed E-state index contributed by atoms with van der Waals surface area (Å²) in [7, 11) is 7.71. The number of carbonyl (C=O) groups excluding carboxylic acids is 5. The van der Waals surface area contributed by atoms with Crippen LogP contribution in [0.3, 0.4) is 0 Å². The molecule has 2 aromatic carbocycles. The zero-order chi connectivity index (χ0) is 36.5. The van der Waals surface area contributed by atoms with E-state index < -0.39 is 39.4 Å². The van der Waals surface area contributed by atoms with Crippen LogP contribution in [-0.4, -0.2) is 82.1 Å². The van der Waals surface area contributed by atoms with Crippen molar-refractivity contribution in [1.29, 1.82) is 0 Å². The minimum Gasteiger partial charge on any atom is -0.493 e. The molecule has 0 saturated heterocycles. The zero-order valence-electron chi connectivity index (χ0n) is 28.4. The Labute approximate surface area is 301 Å². The van der Waals surface area contributed by atoms with E-state index in [1.807, 2.05) is 0 Å². The predicted octanol–water partition coefficient (Wildman–Crippen LogP) is 5.33. The normalized spacial score (nSPS) is 17.3. The summed E-state index contributed by atoms with van der Waals surface area (Å²) < 4.78 is 29.5. The molecule has 0 aliphatic carbocycles. The lowest BCUT2D eigenvalue weighted by atomic mass is 9.83. The molecule has 0 saturated carbocycles. The summed E-state index contributed by atoms with van der Waals surface area (Å²) in [4.78, 5) is 69.7. The van der Waals surface area contributed by atoms with Crippen LogP contribution in [0.15, 0.2) is 73.7 Å². The molecule has 0 fully saturated rings. The Hall–Kier alpha value is -4.60. The van der Waals surface area contributed by atoms with Crippen LogP contribution in [0.2, 0.25) is 0 Å². The maximum atomic E-state index is 14.3. The van der Waals surface area contributed by atoms with Gasteiger partial charge >= 0.3 is 23.9 Å². The molecule has 262 valence electrons. The van der Waals surface area contributed by atoms with Crippen LogP contribution in [-0.2, 0) is 42.9 Å². The number of fused-ring (bicyclic) bond motifs is 3. The highest BCUT2D eigenvalue weighted by atomic mass is 32.2. The summed E-state index contributed by atoms with van der Waals surface area (Å²) in [5.74, 6) is -2.79. The number of ether oxygens (including phenoxy) is 6. The Morgan fingerprint density at radius 1 is 0.700 bits per heavy atom. The topological polar surface area (TPSA) is 144 Å². The van der Waals surface area contributed by atoms with Gasteiger partial charge in [-0.3, -0.25) is 9.69 Å². The molecule has 3 aliphatic rings. The van der Waals surface area contributed by atoms with E-state index in [9.17, 15) is 24.0 Å². The van der Waals surface area contributed by atoms with Crippen LogP contribution in [0.25, 0.3) is 11.6 Å². The molecule has 0 unspecified atom stereocenters. The lowest BCUT2D eigenvalue weighted by Crippen LogP contribution is -2.53. The highest BCUT2D eigenvalue weighted by molar-refractivity contribution is 8.26. The molecule has 0 bridgehead atoms. The quantitative estimate of drug-likeness (QED) is 0.195. The number of carbonyl (C=O) groups is 5. The lowest BCUT2D eigenvalue weighted by Gasteiger charge is -2.50. The van der Waals surface area contributed by atoms with Crippen LogP contribution in [0.4, 0.5) is 5.69 Å². The number of para-hydroxylation sites is 1. The standard InChI is InChI=1S/C35H33NO11S3/c1-34(2)29-24(19-11-9-10-12-20(19)36(34)23(37)16-14-18-13-15-21(42-3)22(17-18)43-4)35(25(30(38)44-5)26(48-29)31(39)45-6)49-27(32(40)46-7)28(50-35)33(41)47-8/h9-17H,1-8H3. The number of esters is 4. The van der Waals surface area contributed by atoms with Crippen molar-refractivity contribution < 1.29 is 52.4 Å². The molecule has 0 N–H and O–H groups in total. The van der Waals surface area contributed by atoms with Crippen molar-refractivity contribution >= 4 is 82.4 Å². The Balaban J connectivity index is 1.76. The highest BCUT2D eigenvalue weighted by Crippen LogP contribution is 2.71. The van der Waals surface area contributed by atoms with Gasteiger partial charge in [0.25, 0.3) is 5.91 Å². The minimum atomic E-state index is -1.66. The van der Waals surface area contributed by atoms with Gasteiger partial charge in [-0.1, -0.05) is 59.6 Å². The summed E-state index contributed by atoms with van der Waals surface area (Å²) in [6.45, 7) is 3.61. The lowest BCUT2D eigenvalue weighted by molar-refractivity contribution is -0.138. The molecule has 12 nitrogen and oxygen atoms in total. The van der Waals surface area contributed by atoms with Crippen molar-refractivity contribution in [3.63, 3.8) is 0 Å². The van der Waals surface area contributed by atoms with Crippen molar-refractivity contribution in [2.24, 2.45) is 0 Å². The summed E-state index contributed by atoms with van der Waals surface area (Å²) >= 11 is 2.70. The number of benzene rings is 2. The molecule has 3 aliphatic heterocycles. The van der Waals surface area contributed by atoms with Crippen LogP contribution >= 0.6 is 35.3 Å². The molecule has 0 aromatic heterocycles. The van der Waals surface area contributed by atoms with Crippen LogP contribution in [0.1, 0.15) is 25.0 Å². The number of hydrogen-bond acceptors (Lipinski definition) is 14. The second-order valence-electron chi connectivity index (χ2n) is 11.2. The fourth-order valence-electron chi connectivity index (χ4n) is 5.86. The Kier molecular flexibility index (Phi) is 10.5. The summed E-state index contributed by atoms with van der Waals surface area (Å²) in [5.41, 5.74) is 0.837. The Bertz CT molecular complexity index is 1910. The van der Waals surface area contributed by atoms with Gasteiger partial charge in [0.05, 0.1) is 59.5 Å². The number of methoxy groups -OCH3 is 6. The average Bonchev–Trinajstić information content (AvgIpc) is 3.52. The molecule has 3 heterocycles. The number of hydrogen-bond donors (Lipinski definition) is 0. The molecule has 50 heavy (non-hydrogen) atoms. The third-order valence-corrected chi connectivity index (χ3v) is 12.7. The van der Waals surface area contributed by atoms with Gasteiger partial charge < -0.3 is 28.4 Å². The third-order valence-electron chi connectivity index (χ3n) is 8.09. The van der Waals surface area contributed by atoms with Gasteiger partial charge in [-0.25, -0.2) is 19.2 Å². The van der Waals surface area contributed by atoms with E-state index in [2.05, 4.69) is 0 Å². The van der Waals surface area contributed by atoms with Gasteiger partial charge in [-0.05, 0) is 43.7 Å². The van der Waals surface area contributed by atoms with E-state index in [4.69, 9.17) is 28.4 Å². The number of anilines is 1. The first kappa shape index (κ1) is 36.7. The summed E-state index contributed by atoms with van der Waals surface area (Å²) in [6, 6.07) is 12.3. The van der Waals surface area contributed by atoms with Crippen molar-refractivity contribution in [2.45, 2.75) is 23.5 Å². The van der Waals surface area contributed by atoms with Crippen molar-refractivity contribution in [1.82, 2.24) is 0 Å². The molecule has 1 amide bonds. The number of rotatable bonds is 8. The number of nitrogens with zero attached hydrogens (tertiary/aromatic N) is 1. The second kappa shape index (κ2) is 14.3. The van der Waals surface area contributed by atoms with Gasteiger partial charge in [0.15, 0.2) is 11.5 Å². The van der Waals surface area contributed by atoms with E-state index in [-0.39, 0.29) is 20.3 Å². The van der Waals surface area contributed by atoms with E-state index in [1.54, 1.807) is 67.3 Å². The average molecular weight is 740 g/mol. The fraction of sp³-hybridized carbons (Fsp3) is 0.286. The molecule has 15 heteroatoms. The van der Waals surface area contributed by atoms with Gasteiger partial charge in [0.1, 0.15) is 18.8 Å². The number of amides is 1. The SMILES string of the molecule is COC(=O)C1=C(C(=O)OC)SC2(S1)C(C(=O)OC)=C(C(=O)OC)SC1=C2c2ccccc2N(C(=O)C=Cc2ccc(OC)c(OC)c2)C1(C)C. The second-order valence-corrected chi connectivity index (χ2v) is 14.9. The van der Waals surface area contributed by atoms with E-state index in [1.165, 1.54) is 27.4 Å². The van der Waals surface area contributed by atoms with Gasteiger partial charge in [-0.2, -0.15) is 0 Å². The van der Waals surface area contributed by atoms with Gasteiger partial charge in [0.2, 0.25) is 0 Å². The third kappa shape index (κ3) is 5.96. The number of thioether (sulfide) groups is 3. The Morgan fingerprint density at radius 3 is 1.82 bits per heavy atom. The maximum Gasteiger partial charge on any atom is 0.345 e. The fourth-order valence-corrected chi connectivity index (χ4v) is 10.9. The molecule has 2 aromatic rings. The first-order valence-corrected chi connectivity index (χ1v) is 17.3. The van der Waals surface area contributed by atoms with Crippen molar-refractivity contribution in [3.05, 3.63) is 84.9 Å². The summed E-state index contributed by atoms with van der Waals surface area (Å²) in [6.07, 6.45) is 3.08. The smallest absolute Gasteiger partial charge is 0.345 e. The molecular weight excluding hydrogens is 707 g/mol. The minimum absolute atomic E-state index is 0.125. The first-order chi connectivity index (χ1) is 23.8. The van der Waals surface area contributed by atoms with Gasteiger partial charge in [-0.15, -0.1) is 0 Å². The summed E-state index contributed by atoms with van der Waals surface area (Å²) in [5, 5.41) is 0. The molecule has 0 radical (unpaired) electrons. The van der Waals surface area contributed by atoms with E-state index >= 15 is 0 Å². The van der Waals surface area contributed by atoms with Crippen molar-refractivity contribution in [2.75, 3.05) is 47.6 Å². The molecule has 1 spiro atoms. The van der Waals surface area contributed by atoms with Crippen LogP contribution in [0, 0.1) is 0 Å². The Morgan fingerprint density at radius 2 is 1.26 bits per heavy atom. The van der Waals surface area contributed by atoms with Crippen LogP contribution in [0.5, 0.6) is 11.5 Å². The maximum absolute atomic E-state index is 14.3. The largest absolute Gasteiger partial charge is 0.493 e. The molecule has 5 rings (SSSR count). The molecule has 0 atom stereocenters. The van der Waals surface area contributed by atoms with E-state index in [0.29, 0.717) is 38.8 Å².